The highest BCUT2D eigenvalue weighted by atomic mass is 35.5. The minimum absolute atomic E-state index is 0.0202. The quantitative estimate of drug-likeness (QED) is 0.239. The van der Waals surface area contributed by atoms with Crippen LogP contribution in [0.1, 0.15) is 22.7 Å². The summed E-state index contributed by atoms with van der Waals surface area (Å²) in [7, 11) is 2.64. The summed E-state index contributed by atoms with van der Waals surface area (Å²) >= 11 is 12.6. The summed E-state index contributed by atoms with van der Waals surface area (Å²) in [5.74, 6) is -4.98. The molecule has 186 valence electrons. The number of carbonyl (C=O) groups is 2. The molecule has 1 saturated heterocycles. The number of aryl methyl sites for hydroxylation is 1. The van der Waals surface area contributed by atoms with Crippen LogP contribution >= 0.6 is 23.2 Å². The van der Waals surface area contributed by atoms with Crippen molar-refractivity contribution in [2.45, 2.75) is 13.0 Å². The Labute approximate surface area is 215 Å². The fourth-order valence-electron chi connectivity index (χ4n) is 4.18. The number of aliphatic hydroxyl groups is 1. The summed E-state index contributed by atoms with van der Waals surface area (Å²) in [6, 6.07) is 9.81. The molecule has 3 aromatic carbocycles. The SMILES string of the molecule is COc1c(Cl)cc(/C(O)=C2\C(=O)C(=O)N(c3ccc(F)c(F)c3)C2c2cccc(C)c2)c(OC)c1Cl. The van der Waals surface area contributed by atoms with Crippen molar-refractivity contribution in [3.8, 4) is 11.5 Å². The van der Waals surface area contributed by atoms with Crippen LogP contribution in [0.2, 0.25) is 10.0 Å². The lowest BCUT2D eigenvalue weighted by atomic mass is 9.94. The van der Waals surface area contributed by atoms with E-state index in [0.29, 0.717) is 5.56 Å². The summed E-state index contributed by atoms with van der Waals surface area (Å²) in [6.07, 6.45) is 0. The van der Waals surface area contributed by atoms with Crippen molar-refractivity contribution < 1.29 is 33.0 Å². The molecule has 1 unspecified atom stereocenters. The van der Waals surface area contributed by atoms with Gasteiger partial charge in [-0.25, -0.2) is 8.78 Å². The molecule has 1 amide bonds. The van der Waals surface area contributed by atoms with Crippen LogP contribution in [0.5, 0.6) is 11.5 Å². The van der Waals surface area contributed by atoms with E-state index in [2.05, 4.69) is 0 Å². The number of carbonyl (C=O) groups excluding carboxylic acids is 2. The second kappa shape index (κ2) is 9.79. The van der Waals surface area contributed by atoms with E-state index in [4.69, 9.17) is 32.7 Å². The molecule has 1 N–H and O–H groups in total. The highest BCUT2D eigenvalue weighted by molar-refractivity contribution is 6.52. The number of hydrogen-bond donors (Lipinski definition) is 1. The molecule has 1 fully saturated rings. The Kier molecular flexibility index (Phi) is 6.93. The first-order valence-corrected chi connectivity index (χ1v) is 11.3. The lowest BCUT2D eigenvalue weighted by Gasteiger charge is -2.26. The zero-order valence-corrected chi connectivity index (χ0v) is 20.7. The van der Waals surface area contributed by atoms with Gasteiger partial charge < -0.3 is 14.6 Å². The highest BCUT2D eigenvalue weighted by Crippen LogP contribution is 2.48. The standard InChI is InChI=1S/C26H19Cl2F2NO5/c1-12-5-4-6-13(9-12)21-19(22(32)15-11-16(27)25(36-3)20(28)24(15)35-2)23(33)26(34)31(21)14-7-8-17(29)18(30)10-14/h4-11,21,32H,1-3H3/b22-19+. The van der Waals surface area contributed by atoms with E-state index in [9.17, 15) is 23.5 Å². The minimum atomic E-state index is -1.20. The second-order valence-corrected chi connectivity index (χ2v) is 8.75. The Balaban J connectivity index is 2.03. The number of rotatable bonds is 5. The van der Waals surface area contributed by atoms with E-state index in [1.54, 1.807) is 31.2 Å². The number of nitrogens with zero attached hydrogens (tertiary/aromatic N) is 1. The van der Waals surface area contributed by atoms with Gasteiger partial charge in [0.2, 0.25) is 0 Å². The summed E-state index contributed by atoms with van der Waals surface area (Å²) in [4.78, 5) is 27.5. The Bertz CT molecular complexity index is 1440. The molecule has 36 heavy (non-hydrogen) atoms. The lowest BCUT2D eigenvalue weighted by Crippen LogP contribution is -2.29. The van der Waals surface area contributed by atoms with Crippen LogP contribution in [0.25, 0.3) is 5.76 Å². The van der Waals surface area contributed by atoms with E-state index in [-0.39, 0.29) is 38.4 Å². The van der Waals surface area contributed by atoms with Crippen molar-refractivity contribution in [1.82, 2.24) is 0 Å². The summed E-state index contributed by atoms with van der Waals surface area (Å²) in [6.45, 7) is 1.80. The Hall–Kier alpha value is -3.62. The number of anilines is 1. The fourth-order valence-corrected chi connectivity index (χ4v) is 4.87. The normalized spacial score (nSPS) is 17.0. The maximum Gasteiger partial charge on any atom is 0.300 e. The molecule has 0 bridgehead atoms. The number of ketones is 1. The van der Waals surface area contributed by atoms with Crippen LogP contribution in [-0.4, -0.2) is 31.0 Å². The van der Waals surface area contributed by atoms with Gasteiger partial charge in [-0.2, -0.15) is 0 Å². The Morgan fingerprint density at radius 1 is 0.972 bits per heavy atom. The second-order valence-electron chi connectivity index (χ2n) is 7.97. The number of methoxy groups -OCH3 is 2. The molecule has 0 radical (unpaired) electrons. The first-order valence-electron chi connectivity index (χ1n) is 10.5. The van der Waals surface area contributed by atoms with E-state index in [1.165, 1.54) is 26.4 Å². The van der Waals surface area contributed by atoms with Gasteiger partial charge >= 0.3 is 0 Å². The number of Topliss-reactive ketones (excluding diaryl/α,β-unsaturated/α-hetero) is 1. The molecule has 0 spiro atoms. The zero-order chi connectivity index (χ0) is 26.3. The van der Waals surface area contributed by atoms with Crippen LogP contribution < -0.4 is 14.4 Å². The topological polar surface area (TPSA) is 76.1 Å². The monoisotopic (exact) mass is 533 g/mol. The van der Waals surface area contributed by atoms with Crippen molar-refractivity contribution >= 4 is 46.3 Å². The van der Waals surface area contributed by atoms with E-state index >= 15 is 0 Å². The third kappa shape index (κ3) is 4.16. The molecule has 1 heterocycles. The molecular formula is C26H19Cl2F2NO5. The number of hydrogen-bond acceptors (Lipinski definition) is 5. The van der Waals surface area contributed by atoms with Crippen molar-refractivity contribution in [2.24, 2.45) is 0 Å². The highest BCUT2D eigenvalue weighted by Gasteiger charge is 2.47. The number of halogens is 4. The van der Waals surface area contributed by atoms with E-state index in [0.717, 1.165) is 22.6 Å². The molecule has 1 aliphatic heterocycles. The van der Waals surface area contributed by atoms with E-state index < -0.39 is 35.1 Å². The van der Waals surface area contributed by atoms with Gasteiger partial charge in [-0.05, 0) is 30.7 Å². The average Bonchev–Trinajstić information content (AvgIpc) is 3.11. The van der Waals surface area contributed by atoms with Gasteiger partial charge in [-0.1, -0.05) is 53.0 Å². The Morgan fingerprint density at radius 3 is 2.28 bits per heavy atom. The largest absolute Gasteiger partial charge is 0.507 e. The summed E-state index contributed by atoms with van der Waals surface area (Å²) < 4.78 is 38.3. The maximum absolute atomic E-state index is 14.1. The van der Waals surface area contributed by atoms with Gasteiger partial charge in [-0.3, -0.25) is 14.5 Å². The molecule has 10 heteroatoms. The smallest absolute Gasteiger partial charge is 0.300 e. The van der Waals surface area contributed by atoms with Gasteiger partial charge in [-0.15, -0.1) is 0 Å². The van der Waals surface area contributed by atoms with Crippen LogP contribution in [0.3, 0.4) is 0 Å². The molecule has 3 aromatic rings. The molecule has 1 atom stereocenters. The zero-order valence-electron chi connectivity index (χ0n) is 19.2. The third-order valence-corrected chi connectivity index (χ3v) is 6.40. The van der Waals surface area contributed by atoms with Crippen molar-refractivity contribution in [1.29, 1.82) is 0 Å². The van der Waals surface area contributed by atoms with E-state index in [1.807, 2.05) is 0 Å². The minimum Gasteiger partial charge on any atom is -0.507 e. The molecular weight excluding hydrogens is 515 g/mol. The van der Waals surface area contributed by atoms with Crippen molar-refractivity contribution in [3.63, 3.8) is 0 Å². The van der Waals surface area contributed by atoms with Gasteiger partial charge in [0.05, 0.1) is 36.4 Å². The van der Waals surface area contributed by atoms with Gasteiger partial charge in [0, 0.05) is 11.8 Å². The average molecular weight is 534 g/mol. The number of ether oxygens (including phenoxy) is 2. The van der Waals surface area contributed by atoms with Gasteiger partial charge in [0.15, 0.2) is 23.1 Å². The van der Waals surface area contributed by atoms with Crippen LogP contribution in [-0.2, 0) is 9.59 Å². The number of aliphatic hydroxyl groups excluding tert-OH is 1. The lowest BCUT2D eigenvalue weighted by molar-refractivity contribution is -0.132. The van der Waals surface area contributed by atoms with Crippen LogP contribution in [0, 0.1) is 18.6 Å². The predicted molar refractivity (Wildman–Crippen MR) is 132 cm³/mol. The van der Waals surface area contributed by atoms with Crippen molar-refractivity contribution in [2.75, 3.05) is 19.1 Å². The first kappa shape index (κ1) is 25.5. The predicted octanol–water partition coefficient (Wildman–Crippen LogP) is 6.22. The van der Waals surface area contributed by atoms with Crippen LogP contribution in [0.15, 0.2) is 54.1 Å². The van der Waals surface area contributed by atoms with Gasteiger partial charge in [0.25, 0.3) is 11.7 Å². The maximum atomic E-state index is 14.1. The molecule has 4 rings (SSSR count). The van der Waals surface area contributed by atoms with Gasteiger partial charge in [0.1, 0.15) is 10.8 Å². The third-order valence-electron chi connectivity index (χ3n) is 5.78. The molecule has 0 aromatic heterocycles. The molecule has 0 aliphatic carbocycles. The number of benzene rings is 3. The van der Waals surface area contributed by atoms with Crippen LogP contribution in [0.4, 0.5) is 14.5 Å². The fraction of sp³-hybridized carbons (Fsp3) is 0.154. The summed E-state index contributed by atoms with van der Waals surface area (Å²) in [5.41, 5.74) is 0.807. The molecule has 0 saturated carbocycles. The Morgan fingerprint density at radius 2 is 1.67 bits per heavy atom. The molecule has 6 nitrogen and oxygen atoms in total. The summed E-state index contributed by atoms with van der Waals surface area (Å²) in [5, 5.41) is 11.4. The van der Waals surface area contributed by atoms with Crippen molar-refractivity contribution in [3.05, 3.63) is 92.5 Å². The first-order chi connectivity index (χ1) is 17.1. The molecule has 1 aliphatic rings. The number of amides is 1.